The molecule has 0 bridgehead atoms. The maximum atomic E-state index is 13.4. The molecule has 2 aromatic rings. The Morgan fingerprint density at radius 2 is 1.79 bits per heavy atom. The highest BCUT2D eigenvalue weighted by Crippen LogP contribution is 2.30. The van der Waals surface area contributed by atoms with E-state index in [1.54, 1.807) is 37.3 Å². The molecule has 3 N–H and O–H groups in total. The first kappa shape index (κ1) is 23.7. The van der Waals surface area contributed by atoms with Crippen LogP contribution in [0.1, 0.15) is 35.7 Å². The lowest BCUT2D eigenvalue weighted by Crippen LogP contribution is -2.40. The number of anilines is 2. The van der Waals surface area contributed by atoms with E-state index in [0.717, 1.165) is 30.2 Å². The van der Waals surface area contributed by atoms with Crippen LogP contribution in [-0.2, 0) is 20.4 Å². The van der Waals surface area contributed by atoms with Crippen molar-refractivity contribution >= 4 is 39.2 Å². The molecular weight excluding hydrogens is 458 g/mol. The number of nitrogens with zero attached hydrogens (tertiary/aromatic N) is 2. The first-order valence-electron chi connectivity index (χ1n) is 10.9. The van der Waals surface area contributed by atoms with E-state index in [4.69, 9.17) is 0 Å². The molecule has 2 aliphatic heterocycles. The quantitative estimate of drug-likeness (QED) is 0.536. The molecule has 2 heterocycles. The SMILES string of the molecule is CN(C)S(=O)(=O)c1ccc(N2CCCC2)c(C(=O)Nc2cccc(C3(C)NC(=O)NC3=O)c2)c1. The Hall–Kier alpha value is -3.44. The van der Waals surface area contributed by atoms with Crippen LogP contribution in [0.15, 0.2) is 47.4 Å². The molecule has 180 valence electrons. The molecule has 2 fully saturated rings. The van der Waals surface area contributed by atoms with E-state index >= 15 is 0 Å². The van der Waals surface area contributed by atoms with Gasteiger partial charge < -0.3 is 15.5 Å². The van der Waals surface area contributed by atoms with Gasteiger partial charge in [0.05, 0.1) is 10.5 Å². The van der Waals surface area contributed by atoms with Crippen LogP contribution in [0.3, 0.4) is 0 Å². The van der Waals surface area contributed by atoms with Crippen LogP contribution in [0.4, 0.5) is 16.2 Å². The number of amides is 4. The summed E-state index contributed by atoms with van der Waals surface area (Å²) in [5, 5.41) is 7.64. The fraction of sp³-hybridized carbons (Fsp3) is 0.348. The van der Waals surface area contributed by atoms with Crippen molar-refractivity contribution in [3.05, 3.63) is 53.6 Å². The zero-order valence-corrected chi connectivity index (χ0v) is 20.0. The molecule has 0 aromatic heterocycles. The van der Waals surface area contributed by atoms with Crippen LogP contribution in [-0.4, -0.2) is 57.8 Å². The number of hydrogen-bond acceptors (Lipinski definition) is 6. The van der Waals surface area contributed by atoms with Gasteiger partial charge in [0, 0.05) is 38.6 Å². The third kappa shape index (κ3) is 4.24. The molecule has 0 spiro atoms. The summed E-state index contributed by atoms with van der Waals surface area (Å²) in [6.45, 7) is 3.14. The van der Waals surface area contributed by atoms with Crippen molar-refractivity contribution in [1.29, 1.82) is 0 Å². The number of urea groups is 1. The summed E-state index contributed by atoms with van der Waals surface area (Å²) >= 11 is 0. The Bertz CT molecular complexity index is 1270. The smallest absolute Gasteiger partial charge is 0.322 e. The summed E-state index contributed by atoms with van der Waals surface area (Å²) in [4.78, 5) is 39.4. The van der Waals surface area contributed by atoms with Gasteiger partial charge in [0.15, 0.2) is 0 Å². The Balaban J connectivity index is 1.69. The number of sulfonamides is 1. The number of imide groups is 1. The van der Waals surface area contributed by atoms with E-state index in [1.807, 2.05) is 0 Å². The molecule has 4 amide bonds. The van der Waals surface area contributed by atoms with Crippen molar-refractivity contribution < 1.29 is 22.8 Å². The van der Waals surface area contributed by atoms with Crippen LogP contribution in [0, 0.1) is 0 Å². The number of hydrogen-bond donors (Lipinski definition) is 3. The van der Waals surface area contributed by atoms with Crippen LogP contribution in [0.2, 0.25) is 0 Å². The van der Waals surface area contributed by atoms with E-state index in [2.05, 4.69) is 20.9 Å². The zero-order valence-electron chi connectivity index (χ0n) is 19.2. The van der Waals surface area contributed by atoms with Crippen LogP contribution in [0.5, 0.6) is 0 Å². The molecule has 1 atom stereocenters. The predicted molar refractivity (Wildman–Crippen MR) is 127 cm³/mol. The van der Waals surface area contributed by atoms with Gasteiger partial charge in [-0.15, -0.1) is 0 Å². The van der Waals surface area contributed by atoms with Gasteiger partial charge in [0.1, 0.15) is 5.54 Å². The Morgan fingerprint density at radius 1 is 1.09 bits per heavy atom. The molecule has 2 aliphatic rings. The summed E-state index contributed by atoms with van der Waals surface area (Å²) < 4.78 is 26.5. The Labute approximate surface area is 198 Å². The minimum atomic E-state index is -3.73. The fourth-order valence-corrected chi connectivity index (χ4v) is 5.08. The average molecular weight is 486 g/mol. The third-order valence-corrected chi connectivity index (χ3v) is 7.99. The maximum absolute atomic E-state index is 13.4. The molecular formula is C23H27N5O5S. The molecule has 0 saturated carbocycles. The molecule has 2 aromatic carbocycles. The highest BCUT2D eigenvalue weighted by molar-refractivity contribution is 7.89. The largest absolute Gasteiger partial charge is 0.371 e. The number of rotatable bonds is 6. The first-order valence-corrected chi connectivity index (χ1v) is 12.3. The predicted octanol–water partition coefficient (Wildman–Crippen LogP) is 1.84. The Morgan fingerprint density at radius 3 is 2.41 bits per heavy atom. The van der Waals surface area contributed by atoms with Crippen molar-refractivity contribution in [2.24, 2.45) is 0 Å². The summed E-state index contributed by atoms with van der Waals surface area (Å²) in [5.41, 5.74) is 0.549. The van der Waals surface area contributed by atoms with Crippen molar-refractivity contribution in [2.75, 3.05) is 37.4 Å². The van der Waals surface area contributed by atoms with E-state index in [-0.39, 0.29) is 10.5 Å². The highest BCUT2D eigenvalue weighted by atomic mass is 32.2. The molecule has 0 radical (unpaired) electrons. The standard InChI is InChI=1S/C23H27N5O5S/c1-23(21(30)25-22(31)26-23)15-7-6-8-16(13-15)24-20(29)18-14-17(34(32,33)27(2)3)9-10-19(18)28-11-4-5-12-28/h6-10,13-14H,4-5,11-12H2,1-3H3,(H,24,29)(H2,25,26,30,31). The van der Waals surface area contributed by atoms with Crippen molar-refractivity contribution in [3.63, 3.8) is 0 Å². The Kier molecular flexibility index (Phi) is 6.09. The van der Waals surface area contributed by atoms with Gasteiger partial charge in [0.2, 0.25) is 10.0 Å². The lowest BCUT2D eigenvalue weighted by atomic mass is 9.92. The molecule has 1 unspecified atom stereocenters. The second-order valence-corrected chi connectivity index (χ2v) is 10.9. The van der Waals surface area contributed by atoms with Gasteiger partial charge >= 0.3 is 6.03 Å². The second kappa shape index (κ2) is 8.73. The van der Waals surface area contributed by atoms with Crippen molar-refractivity contribution in [2.45, 2.75) is 30.2 Å². The van der Waals surface area contributed by atoms with Gasteiger partial charge in [-0.05, 0) is 55.7 Å². The van der Waals surface area contributed by atoms with Gasteiger partial charge in [-0.25, -0.2) is 17.5 Å². The van der Waals surface area contributed by atoms with Crippen LogP contribution >= 0.6 is 0 Å². The highest BCUT2D eigenvalue weighted by Gasteiger charge is 2.43. The van der Waals surface area contributed by atoms with Crippen molar-refractivity contribution in [3.8, 4) is 0 Å². The topological polar surface area (TPSA) is 128 Å². The van der Waals surface area contributed by atoms with E-state index in [9.17, 15) is 22.8 Å². The lowest BCUT2D eigenvalue weighted by molar-refractivity contribution is -0.123. The van der Waals surface area contributed by atoms with E-state index in [1.165, 1.54) is 26.2 Å². The van der Waals surface area contributed by atoms with Gasteiger partial charge in [-0.2, -0.15) is 0 Å². The second-order valence-electron chi connectivity index (χ2n) is 8.73. The molecule has 4 rings (SSSR count). The first-order chi connectivity index (χ1) is 16.0. The maximum Gasteiger partial charge on any atom is 0.322 e. The summed E-state index contributed by atoms with van der Waals surface area (Å²) in [5.74, 6) is -0.959. The summed E-state index contributed by atoms with van der Waals surface area (Å²) in [6.07, 6.45) is 1.99. The number of carbonyl (C=O) groups excluding carboxylic acids is 3. The van der Waals surface area contributed by atoms with Crippen molar-refractivity contribution in [1.82, 2.24) is 14.9 Å². The summed E-state index contributed by atoms with van der Waals surface area (Å²) in [6, 6.07) is 10.6. The average Bonchev–Trinajstić information content (AvgIpc) is 3.41. The number of benzene rings is 2. The van der Waals surface area contributed by atoms with Crippen LogP contribution in [0.25, 0.3) is 0 Å². The van der Waals surface area contributed by atoms with Gasteiger partial charge in [-0.3, -0.25) is 14.9 Å². The fourth-order valence-electron chi connectivity index (χ4n) is 4.15. The molecule has 2 saturated heterocycles. The number of nitrogens with one attached hydrogen (secondary N) is 3. The third-order valence-electron chi connectivity index (χ3n) is 6.18. The molecule has 34 heavy (non-hydrogen) atoms. The van der Waals surface area contributed by atoms with Gasteiger partial charge in [0.25, 0.3) is 11.8 Å². The minimum absolute atomic E-state index is 0.0252. The normalized spacial score (nSPS) is 20.4. The zero-order chi connectivity index (χ0) is 24.7. The van der Waals surface area contributed by atoms with Gasteiger partial charge in [-0.1, -0.05) is 12.1 Å². The lowest BCUT2D eigenvalue weighted by Gasteiger charge is -2.23. The van der Waals surface area contributed by atoms with E-state index < -0.39 is 33.4 Å². The van der Waals surface area contributed by atoms with E-state index in [0.29, 0.717) is 16.9 Å². The molecule has 11 heteroatoms. The number of carbonyl (C=O) groups is 3. The molecule has 0 aliphatic carbocycles. The molecule has 10 nitrogen and oxygen atoms in total. The summed E-state index contributed by atoms with van der Waals surface area (Å²) in [7, 11) is -0.857. The minimum Gasteiger partial charge on any atom is -0.371 e. The van der Waals surface area contributed by atoms with Crippen LogP contribution < -0.4 is 20.9 Å². The monoisotopic (exact) mass is 485 g/mol.